The number of furan rings is 1. The molecule has 0 amide bonds. The highest BCUT2D eigenvalue weighted by Crippen LogP contribution is 2.16. The Morgan fingerprint density at radius 1 is 1.10 bits per heavy atom. The topological polar surface area (TPSA) is 40.2 Å². The predicted octanol–water partition coefficient (Wildman–Crippen LogP) is 3.75. The minimum Gasteiger partial charge on any atom is -0.467 e. The van der Waals surface area contributed by atoms with E-state index in [-0.39, 0.29) is 0 Å². The van der Waals surface area contributed by atoms with Crippen LogP contribution in [0.4, 0.5) is 0 Å². The maximum atomic E-state index is 5.56. The number of aryl methyl sites for hydroxylation is 1. The van der Waals surface area contributed by atoms with E-state index in [0.29, 0.717) is 13.2 Å². The maximum absolute atomic E-state index is 5.56. The molecule has 2 heterocycles. The van der Waals surface area contributed by atoms with E-state index in [9.17, 15) is 0 Å². The SMILES string of the molecule is c1ccc(-c2cn(CCCOCc3ccco3)cn2)cc1. The summed E-state index contributed by atoms with van der Waals surface area (Å²) in [6.45, 7) is 2.14. The van der Waals surface area contributed by atoms with E-state index in [4.69, 9.17) is 9.15 Å². The van der Waals surface area contributed by atoms with Crippen molar-refractivity contribution < 1.29 is 9.15 Å². The lowest BCUT2D eigenvalue weighted by Crippen LogP contribution is -2.00. The van der Waals surface area contributed by atoms with E-state index in [0.717, 1.165) is 30.0 Å². The van der Waals surface area contributed by atoms with Crippen molar-refractivity contribution in [2.45, 2.75) is 19.6 Å². The molecule has 3 aromatic rings. The largest absolute Gasteiger partial charge is 0.467 e. The van der Waals surface area contributed by atoms with Crippen molar-refractivity contribution >= 4 is 0 Å². The van der Waals surface area contributed by atoms with Gasteiger partial charge in [0.2, 0.25) is 0 Å². The Balaban J connectivity index is 1.43. The van der Waals surface area contributed by atoms with Gasteiger partial charge in [-0.3, -0.25) is 0 Å². The van der Waals surface area contributed by atoms with Crippen LogP contribution in [0.1, 0.15) is 12.2 Å². The van der Waals surface area contributed by atoms with Gasteiger partial charge in [0.25, 0.3) is 0 Å². The van der Waals surface area contributed by atoms with Crippen LogP contribution in [0.3, 0.4) is 0 Å². The second-order valence-corrected chi connectivity index (χ2v) is 4.85. The fourth-order valence-electron chi connectivity index (χ4n) is 2.16. The minimum absolute atomic E-state index is 0.534. The number of nitrogens with zero attached hydrogens (tertiary/aromatic N) is 2. The molecule has 0 saturated heterocycles. The van der Waals surface area contributed by atoms with Crippen molar-refractivity contribution in [2.24, 2.45) is 0 Å². The summed E-state index contributed by atoms with van der Waals surface area (Å²) in [5.41, 5.74) is 2.15. The minimum atomic E-state index is 0.534. The normalized spacial score (nSPS) is 10.9. The summed E-state index contributed by atoms with van der Waals surface area (Å²) in [6.07, 6.45) is 6.55. The summed E-state index contributed by atoms with van der Waals surface area (Å²) < 4.78 is 12.9. The fourth-order valence-corrected chi connectivity index (χ4v) is 2.16. The van der Waals surface area contributed by atoms with Gasteiger partial charge in [-0.25, -0.2) is 4.98 Å². The van der Waals surface area contributed by atoms with Crippen LogP contribution in [0, 0.1) is 0 Å². The molecule has 21 heavy (non-hydrogen) atoms. The number of hydrogen-bond acceptors (Lipinski definition) is 3. The van der Waals surface area contributed by atoms with Gasteiger partial charge in [-0.05, 0) is 18.6 Å². The van der Waals surface area contributed by atoms with Gasteiger partial charge in [0.15, 0.2) is 0 Å². The van der Waals surface area contributed by atoms with Crippen molar-refractivity contribution in [3.05, 3.63) is 67.0 Å². The van der Waals surface area contributed by atoms with Crippen molar-refractivity contribution in [3.8, 4) is 11.3 Å². The molecule has 1 aromatic carbocycles. The summed E-state index contributed by atoms with van der Waals surface area (Å²) in [6, 6.07) is 14.0. The Bertz CT molecular complexity index is 645. The van der Waals surface area contributed by atoms with Gasteiger partial charge < -0.3 is 13.7 Å². The zero-order valence-electron chi connectivity index (χ0n) is 11.8. The van der Waals surface area contributed by atoms with E-state index in [1.54, 1.807) is 6.26 Å². The number of aromatic nitrogens is 2. The standard InChI is InChI=1S/C17H18N2O2/c1-2-6-15(7-3-1)17-12-19(14-18-17)9-5-10-20-13-16-8-4-11-21-16/h1-4,6-8,11-12,14H,5,9-10,13H2. The van der Waals surface area contributed by atoms with Crippen LogP contribution in [0.25, 0.3) is 11.3 Å². The third-order valence-corrected chi connectivity index (χ3v) is 3.23. The maximum Gasteiger partial charge on any atom is 0.129 e. The molecule has 0 aliphatic rings. The summed E-state index contributed by atoms with van der Waals surface area (Å²) in [5, 5.41) is 0. The molecule has 4 heteroatoms. The number of hydrogen-bond donors (Lipinski definition) is 0. The molecular weight excluding hydrogens is 264 g/mol. The van der Waals surface area contributed by atoms with Crippen molar-refractivity contribution in [1.29, 1.82) is 0 Å². The lowest BCUT2D eigenvalue weighted by molar-refractivity contribution is 0.101. The molecule has 0 saturated carbocycles. The zero-order chi connectivity index (χ0) is 14.3. The zero-order valence-corrected chi connectivity index (χ0v) is 11.8. The summed E-state index contributed by atoms with van der Waals surface area (Å²) >= 11 is 0. The molecule has 0 bridgehead atoms. The summed E-state index contributed by atoms with van der Waals surface area (Å²) in [5.74, 6) is 0.865. The van der Waals surface area contributed by atoms with Crippen LogP contribution < -0.4 is 0 Å². The summed E-state index contributed by atoms with van der Waals surface area (Å²) in [4.78, 5) is 4.43. The van der Waals surface area contributed by atoms with Gasteiger partial charge >= 0.3 is 0 Å². The van der Waals surface area contributed by atoms with E-state index < -0.39 is 0 Å². The molecule has 0 N–H and O–H groups in total. The number of imidazole rings is 1. The highest BCUT2D eigenvalue weighted by molar-refractivity contribution is 5.57. The Labute approximate surface area is 124 Å². The van der Waals surface area contributed by atoms with Crippen LogP contribution in [0.15, 0.2) is 65.7 Å². The number of ether oxygens (including phenoxy) is 1. The van der Waals surface area contributed by atoms with Crippen LogP contribution in [0.2, 0.25) is 0 Å². The second-order valence-electron chi connectivity index (χ2n) is 4.85. The molecule has 3 rings (SSSR count). The van der Waals surface area contributed by atoms with Crippen LogP contribution >= 0.6 is 0 Å². The first-order valence-electron chi connectivity index (χ1n) is 7.09. The van der Waals surface area contributed by atoms with E-state index >= 15 is 0 Å². The average Bonchev–Trinajstić information content (AvgIpc) is 3.19. The van der Waals surface area contributed by atoms with Crippen molar-refractivity contribution in [3.63, 3.8) is 0 Å². The van der Waals surface area contributed by atoms with Gasteiger partial charge in [0.05, 0.1) is 18.3 Å². The number of benzene rings is 1. The average molecular weight is 282 g/mol. The molecule has 108 valence electrons. The molecule has 0 atom stereocenters. The van der Waals surface area contributed by atoms with E-state index in [1.165, 1.54) is 0 Å². The van der Waals surface area contributed by atoms with Crippen molar-refractivity contribution in [2.75, 3.05) is 6.61 Å². The second kappa shape index (κ2) is 6.90. The molecule has 2 aromatic heterocycles. The molecule has 4 nitrogen and oxygen atoms in total. The van der Waals surface area contributed by atoms with Gasteiger partial charge in [-0.15, -0.1) is 0 Å². The molecule has 0 spiro atoms. The van der Waals surface area contributed by atoms with Gasteiger partial charge in [-0.1, -0.05) is 30.3 Å². The van der Waals surface area contributed by atoms with Crippen LogP contribution in [-0.2, 0) is 17.9 Å². The Kier molecular flexibility index (Phi) is 4.49. The third kappa shape index (κ3) is 3.83. The van der Waals surface area contributed by atoms with Gasteiger partial charge in [0, 0.05) is 24.9 Å². The third-order valence-electron chi connectivity index (χ3n) is 3.23. The van der Waals surface area contributed by atoms with Gasteiger partial charge in [-0.2, -0.15) is 0 Å². The first-order valence-corrected chi connectivity index (χ1v) is 7.09. The first-order chi connectivity index (χ1) is 10.4. The highest BCUT2D eigenvalue weighted by Gasteiger charge is 2.01. The Morgan fingerprint density at radius 2 is 2.00 bits per heavy atom. The van der Waals surface area contributed by atoms with Crippen LogP contribution in [-0.4, -0.2) is 16.2 Å². The first kappa shape index (κ1) is 13.6. The Hall–Kier alpha value is -2.33. The smallest absolute Gasteiger partial charge is 0.129 e. The lowest BCUT2D eigenvalue weighted by atomic mass is 10.2. The monoisotopic (exact) mass is 282 g/mol. The Morgan fingerprint density at radius 3 is 2.81 bits per heavy atom. The molecule has 0 aliphatic heterocycles. The summed E-state index contributed by atoms with van der Waals surface area (Å²) in [7, 11) is 0. The van der Waals surface area contributed by atoms with E-state index in [2.05, 4.69) is 27.9 Å². The molecule has 0 aliphatic carbocycles. The highest BCUT2D eigenvalue weighted by atomic mass is 16.5. The number of rotatable bonds is 7. The molecule has 0 radical (unpaired) electrons. The molecule has 0 fully saturated rings. The van der Waals surface area contributed by atoms with E-state index in [1.807, 2.05) is 36.7 Å². The van der Waals surface area contributed by atoms with Crippen molar-refractivity contribution in [1.82, 2.24) is 9.55 Å². The quantitative estimate of drug-likeness (QED) is 0.620. The van der Waals surface area contributed by atoms with Crippen LogP contribution in [0.5, 0.6) is 0 Å². The lowest BCUT2D eigenvalue weighted by Gasteiger charge is -2.03. The fraction of sp³-hybridized carbons (Fsp3) is 0.235. The molecular formula is C17H18N2O2. The predicted molar refractivity (Wildman–Crippen MR) is 80.6 cm³/mol. The van der Waals surface area contributed by atoms with Gasteiger partial charge in [0.1, 0.15) is 12.4 Å². The molecule has 0 unspecified atom stereocenters.